The van der Waals surface area contributed by atoms with Crippen molar-refractivity contribution in [2.24, 2.45) is 0 Å². The average molecular weight is 470 g/mol. The third kappa shape index (κ3) is 5.27. The fraction of sp³-hybridized carbons (Fsp3) is 0.190. The molecule has 4 aromatic rings. The van der Waals surface area contributed by atoms with E-state index in [0.717, 1.165) is 31.5 Å². The monoisotopic (exact) mass is 469 g/mol. The number of benzene rings is 2. The average Bonchev–Trinajstić information content (AvgIpc) is 3.38. The predicted molar refractivity (Wildman–Crippen MR) is 127 cm³/mol. The van der Waals surface area contributed by atoms with Gasteiger partial charge in [-0.05, 0) is 43.2 Å². The van der Waals surface area contributed by atoms with Crippen molar-refractivity contribution in [1.82, 2.24) is 15.2 Å². The van der Waals surface area contributed by atoms with Gasteiger partial charge in [-0.3, -0.25) is 14.9 Å². The van der Waals surface area contributed by atoms with Crippen LogP contribution < -0.4 is 10.6 Å². The molecular weight excluding hydrogens is 450 g/mol. The highest BCUT2D eigenvalue weighted by Crippen LogP contribution is 2.31. The van der Waals surface area contributed by atoms with Crippen molar-refractivity contribution in [2.45, 2.75) is 24.6 Å². The van der Waals surface area contributed by atoms with Gasteiger partial charge in [-0.1, -0.05) is 48.2 Å². The Bertz CT molecular complexity index is 1250. The summed E-state index contributed by atoms with van der Waals surface area (Å²) in [4.78, 5) is 29.3. The molecule has 0 spiro atoms. The van der Waals surface area contributed by atoms with E-state index in [4.69, 9.17) is 0 Å². The second-order valence-corrected chi connectivity index (χ2v) is 9.94. The molecule has 2 aromatic carbocycles. The molecule has 158 valence electrons. The summed E-state index contributed by atoms with van der Waals surface area (Å²) in [5.41, 5.74) is 3.12. The molecule has 2 heterocycles. The maximum Gasteiger partial charge on any atom is 0.255 e. The number of carbonyl (C=O) groups excluding carboxylic acids is 2. The van der Waals surface area contributed by atoms with Crippen LogP contribution in [0, 0.1) is 6.92 Å². The number of aromatic nitrogens is 3. The topological polar surface area (TPSA) is 96.9 Å². The molecule has 10 heteroatoms. The van der Waals surface area contributed by atoms with Gasteiger partial charge in [0.15, 0.2) is 4.34 Å². The van der Waals surface area contributed by atoms with Crippen LogP contribution in [0.2, 0.25) is 0 Å². The Morgan fingerprint density at radius 3 is 2.68 bits per heavy atom. The molecule has 2 N–H and O–H groups in total. The van der Waals surface area contributed by atoms with Crippen molar-refractivity contribution in [3.63, 3.8) is 0 Å². The predicted octanol–water partition coefficient (Wildman–Crippen LogP) is 5.00. The maximum absolute atomic E-state index is 12.5. The number of amides is 2. The summed E-state index contributed by atoms with van der Waals surface area (Å²) in [6, 6.07) is 13.1. The fourth-order valence-corrected chi connectivity index (χ4v) is 5.40. The SMILES string of the molecule is CCc1nnc(NC(=O)CSc2nc3ccc(NC(=O)c4ccccc4C)cc3s2)s1. The lowest BCUT2D eigenvalue weighted by atomic mass is 10.1. The smallest absolute Gasteiger partial charge is 0.255 e. The van der Waals surface area contributed by atoms with Gasteiger partial charge in [0.05, 0.1) is 16.0 Å². The number of anilines is 2. The van der Waals surface area contributed by atoms with E-state index in [1.165, 1.54) is 34.4 Å². The lowest BCUT2D eigenvalue weighted by molar-refractivity contribution is -0.113. The van der Waals surface area contributed by atoms with Gasteiger partial charge < -0.3 is 5.32 Å². The molecule has 31 heavy (non-hydrogen) atoms. The molecule has 7 nitrogen and oxygen atoms in total. The van der Waals surface area contributed by atoms with Crippen LogP contribution in [0.1, 0.15) is 27.9 Å². The summed E-state index contributed by atoms with van der Waals surface area (Å²) in [7, 11) is 0. The van der Waals surface area contributed by atoms with E-state index in [1.54, 1.807) is 6.07 Å². The van der Waals surface area contributed by atoms with Crippen molar-refractivity contribution in [1.29, 1.82) is 0 Å². The Balaban J connectivity index is 1.38. The van der Waals surface area contributed by atoms with Crippen molar-refractivity contribution >= 4 is 67.3 Å². The first-order chi connectivity index (χ1) is 15.0. The first-order valence-corrected chi connectivity index (χ1v) is 12.2. The van der Waals surface area contributed by atoms with E-state index in [9.17, 15) is 9.59 Å². The number of rotatable bonds is 7. The van der Waals surface area contributed by atoms with Crippen LogP contribution >= 0.6 is 34.4 Å². The van der Waals surface area contributed by atoms with Gasteiger partial charge in [0.2, 0.25) is 11.0 Å². The van der Waals surface area contributed by atoms with E-state index in [2.05, 4.69) is 25.8 Å². The number of nitrogens with zero attached hydrogens (tertiary/aromatic N) is 3. The summed E-state index contributed by atoms with van der Waals surface area (Å²) in [6.07, 6.45) is 0.793. The van der Waals surface area contributed by atoms with Gasteiger partial charge in [0, 0.05) is 11.3 Å². The molecule has 0 bridgehead atoms. The van der Waals surface area contributed by atoms with Crippen LogP contribution in [0.25, 0.3) is 10.2 Å². The number of hydrogen-bond acceptors (Lipinski definition) is 8. The van der Waals surface area contributed by atoms with Gasteiger partial charge in [-0.25, -0.2) is 4.98 Å². The normalized spacial score (nSPS) is 10.9. The highest BCUT2D eigenvalue weighted by Gasteiger charge is 2.12. The Kier molecular flexibility index (Phi) is 6.59. The molecule has 0 saturated carbocycles. The lowest BCUT2D eigenvalue weighted by Crippen LogP contribution is -2.13. The number of fused-ring (bicyclic) bond motifs is 1. The molecule has 0 unspecified atom stereocenters. The molecule has 0 atom stereocenters. The number of thioether (sulfide) groups is 1. The molecule has 2 aromatic heterocycles. The minimum absolute atomic E-state index is 0.142. The molecule has 0 saturated heterocycles. The first kappa shape index (κ1) is 21.4. The molecule has 4 rings (SSSR count). The molecule has 0 radical (unpaired) electrons. The van der Waals surface area contributed by atoms with Crippen molar-refractivity contribution in [2.75, 3.05) is 16.4 Å². The maximum atomic E-state index is 12.5. The summed E-state index contributed by atoms with van der Waals surface area (Å²) >= 11 is 4.24. The quantitative estimate of drug-likeness (QED) is 0.370. The second kappa shape index (κ2) is 9.54. The van der Waals surface area contributed by atoms with E-state index < -0.39 is 0 Å². The van der Waals surface area contributed by atoms with E-state index in [1.807, 2.05) is 50.2 Å². The third-order valence-electron chi connectivity index (χ3n) is 4.36. The largest absolute Gasteiger partial charge is 0.322 e. The molecule has 0 aliphatic carbocycles. The zero-order valence-corrected chi connectivity index (χ0v) is 19.3. The lowest BCUT2D eigenvalue weighted by Gasteiger charge is -2.07. The van der Waals surface area contributed by atoms with Crippen LogP contribution in [0.5, 0.6) is 0 Å². The number of carbonyl (C=O) groups is 2. The number of nitrogens with one attached hydrogen (secondary N) is 2. The summed E-state index contributed by atoms with van der Waals surface area (Å²) < 4.78 is 1.74. The fourth-order valence-electron chi connectivity index (χ4n) is 2.80. The van der Waals surface area contributed by atoms with Crippen molar-refractivity contribution in [3.05, 3.63) is 58.6 Å². The van der Waals surface area contributed by atoms with Crippen LogP contribution in [0.3, 0.4) is 0 Å². The molecule has 0 aliphatic rings. The third-order valence-corrected chi connectivity index (χ3v) is 7.50. The van der Waals surface area contributed by atoms with Gasteiger partial charge in [0.25, 0.3) is 5.91 Å². The van der Waals surface area contributed by atoms with Gasteiger partial charge >= 0.3 is 0 Å². The number of aryl methyl sites for hydroxylation is 2. The highest BCUT2D eigenvalue weighted by atomic mass is 32.2. The molecule has 2 amide bonds. The van der Waals surface area contributed by atoms with E-state index >= 15 is 0 Å². The van der Waals surface area contributed by atoms with Crippen molar-refractivity contribution < 1.29 is 9.59 Å². The van der Waals surface area contributed by atoms with E-state index in [0.29, 0.717) is 16.4 Å². The minimum Gasteiger partial charge on any atom is -0.322 e. The summed E-state index contributed by atoms with van der Waals surface area (Å²) in [5.74, 6) is -0.0528. The van der Waals surface area contributed by atoms with Gasteiger partial charge in [-0.15, -0.1) is 21.5 Å². The van der Waals surface area contributed by atoms with Crippen LogP contribution in [-0.4, -0.2) is 32.7 Å². The highest BCUT2D eigenvalue weighted by molar-refractivity contribution is 8.01. The molecular formula is C21H19N5O2S3. The Labute approximate surface area is 191 Å². The van der Waals surface area contributed by atoms with Crippen LogP contribution in [-0.2, 0) is 11.2 Å². The Morgan fingerprint density at radius 1 is 1.06 bits per heavy atom. The first-order valence-electron chi connectivity index (χ1n) is 9.54. The Hall–Kier alpha value is -2.82. The van der Waals surface area contributed by atoms with Crippen LogP contribution in [0.15, 0.2) is 46.8 Å². The van der Waals surface area contributed by atoms with Crippen molar-refractivity contribution in [3.8, 4) is 0 Å². The second-order valence-electron chi connectivity index (χ2n) is 6.62. The minimum atomic E-state index is -0.144. The zero-order valence-electron chi connectivity index (χ0n) is 16.8. The summed E-state index contributed by atoms with van der Waals surface area (Å²) in [5, 5.41) is 15.1. The number of thiazole rings is 1. The standard InChI is InChI=1S/C21H19N5O2S3/c1-3-18-25-26-20(31-18)24-17(27)11-29-21-23-15-9-8-13(10-16(15)30-21)22-19(28)14-7-5-4-6-12(14)2/h4-10H,3,11H2,1-2H3,(H,22,28)(H,24,26,27). The van der Waals surface area contributed by atoms with E-state index in [-0.39, 0.29) is 17.6 Å². The Morgan fingerprint density at radius 2 is 1.90 bits per heavy atom. The van der Waals surface area contributed by atoms with Gasteiger partial charge in [-0.2, -0.15) is 0 Å². The zero-order chi connectivity index (χ0) is 21.8. The molecule has 0 fully saturated rings. The van der Waals surface area contributed by atoms with Crippen LogP contribution in [0.4, 0.5) is 10.8 Å². The number of hydrogen-bond donors (Lipinski definition) is 2. The van der Waals surface area contributed by atoms with Gasteiger partial charge in [0.1, 0.15) is 5.01 Å². The summed E-state index contributed by atoms with van der Waals surface area (Å²) in [6.45, 7) is 3.91. The molecule has 0 aliphatic heterocycles.